The molecule has 0 aliphatic rings. The highest BCUT2D eigenvalue weighted by atomic mass is 19.4. The van der Waals surface area contributed by atoms with Gasteiger partial charge in [0.05, 0.1) is 88.9 Å². The van der Waals surface area contributed by atoms with Crippen LogP contribution in [-0.2, 0) is 117 Å². The van der Waals surface area contributed by atoms with E-state index >= 15 is 0 Å². The summed E-state index contributed by atoms with van der Waals surface area (Å²) < 4.78 is 64.8. The van der Waals surface area contributed by atoms with Crippen molar-refractivity contribution >= 4 is 35.1 Å². The number of carboxylic acids is 1. The minimum Gasteiger partial charge on any atom is -0.481 e. The summed E-state index contributed by atoms with van der Waals surface area (Å²) in [6.45, 7) is 17.1. The van der Waals surface area contributed by atoms with E-state index in [-0.39, 0.29) is 84.9 Å². The average molecular weight is 1560 g/mol. The SMILES string of the molecule is CC(C)CCc1cn(-c2ccc(CC(=O)Cc3ccccc3F)cc2)nn1.Cc1ccccc1CC(=O)Cc1ccc(-n2cc(CCOC(=O)CC(C)C)nn2)cc1.Cc1ccncc1CC(=O)Cc1ccc(-n2cc(CCC(C)C)nn2)cc1.O=C(O)CCc1cn(-c2ccc(CC(=O)Cc3ccccc3C(F)(F)F)cc2)nn1. The molecule has 5 aromatic heterocycles. The fourth-order valence-corrected chi connectivity index (χ4v) is 12.1. The first-order valence-electron chi connectivity index (χ1n) is 38.4. The summed E-state index contributed by atoms with van der Waals surface area (Å²) in [6, 6.07) is 51.5. The Balaban J connectivity index is 0.000000176. The standard InChI is InChI=1S/C25H29N3O3.C22H24FN3O.C22H26N4O.C21H18F3N3O3/c1-18(2)14-25(30)31-13-12-22-17-28(27-26-22)23-10-8-20(9-11-23)15-24(29)16-21-7-5-4-6-19(21)3;1-16(2)7-10-19-15-26(25-24-19)20-11-8-17(9-12-20)13-21(27)14-18-5-3-4-6-22(18)23;1-16(2)4-7-20-15-26(25-24-20)21-8-5-18(6-9-21)12-22(27)13-19-14-23-11-10-17(19)3;22-21(23,24)19-4-2-1-3-15(19)12-18(28)11-14-5-8-17(9-6-14)27-13-16(25-26-27)7-10-20(29)30/h4-11,17-18H,12-16H2,1-3H3;3-6,8-9,11-12,15-16H,7,10,13-14H2,1-2H3;5-6,8-11,14-16H,4,7,12-13H2,1-3H3;1-6,8-9,13H,7,10-12H2,(H,29,30). The van der Waals surface area contributed by atoms with Crippen molar-refractivity contribution in [2.45, 2.75) is 164 Å². The number of carboxylic acid groups (broad SMARTS) is 1. The second-order valence-electron chi connectivity index (χ2n) is 29.7. The molecule has 21 nitrogen and oxygen atoms in total. The van der Waals surface area contributed by atoms with E-state index in [0.29, 0.717) is 79.5 Å². The molecule has 0 bridgehead atoms. The zero-order valence-corrected chi connectivity index (χ0v) is 66.1. The van der Waals surface area contributed by atoms with E-state index in [9.17, 15) is 46.3 Å². The molecule has 0 saturated carbocycles. The summed E-state index contributed by atoms with van der Waals surface area (Å²) in [5.41, 5.74) is 14.2. The first-order chi connectivity index (χ1) is 55.1. The predicted octanol–water partition coefficient (Wildman–Crippen LogP) is 16.0. The molecule has 115 heavy (non-hydrogen) atoms. The van der Waals surface area contributed by atoms with E-state index in [1.165, 1.54) is 28.9 Å². The van der Waals surface area contributed by atoms with Crippen molar-refractivity contribution in [3.63, 3.8) is 0 Å². The molecule has 0 spiro atoms. The van der Waals surface area contributed by atoms with E-state index in [2.05, 4.69) is 73.9 Å². The van der Waals surface area contributed by atoms with Crippen molar-refractivity contribution in [3.05, 3.63) is 303 Å². The monoisotopic (exact) mass is 1560 g/mol. The summed E-state index contributed by atoms with van der Waals surface area (Å²) >= 11 is 0. The molecule has 0 amide bonds. The Morgan fingerprint density at radius 1 is 0.409 bits per heavy atom. The Morgan fingerprint density at radius 2 is 0.765 bits per heavy atom. The van der Waals surface area contributed by atoms with Crippen LogP contribution in [0.15, 0.2) is 213 Å². The molecule has 0 atom stereocenters. The van der Waals surface area contributed by atoms with E-state index < -0.39 is 17.7 Å². The Labute approximate surface area is 667 Å². The highest BCUT2D eigenvalue weighted by Gasteiger charge is 2.33. The van der Waals surface area contributed by atoms with Crippen molar-refractivity contribution in [2.75, 3.05) is 6.61 Å². The molecule has 0 fully saturated rings. The fraction of sp³-hybridized carbons (Fsp3) is 0.322. The van der Waals surface area contributed by atoms with Crippen LogP contribution in [0.4, 0.5) is 17.6 Å². The third kappa shape index (κ3) is 28.9. The zero-order chi connectivity index (χ0) is 82.4. The topological polar surface area (TPSA) is 268 Å². The van der Waals surface area contributed by atoms with Gasteiger partial charge < -0.3 is 9.84 Å². The number of pyridine rings is 1. The number of aromatic nitrogens is 13. The number of rotatable bonds is 34. The van der Waals surface area contributed by atoms with Crippen LogP contribution in [0, 0.1) is 37.4 Å². The van der Waals surface area contributed by atoms with Crippen LogP contribution >= 0.6 is 0 Å². The van der Waals surface area contributed by atoms with Gasteiger partial charge in [0, 0.05) is 83.0 Å². The molecule has 0 aliphatic carbocycles. The second-order valence-corrected chi connectivity index (χ2v) is 29.7. The van der Waals surface area contributed by atoms with Gasteiger partial charge in [-0.15, -0.1) is 20.4 Å². The maximum absolute atomic E-state index is 13.7. The van der Waals surface area contributed by atoms with E-state index in [0.717, 1.165) is 105 Å². The van der Waals surface area contributed by atoms with Crippen molar-refractivity contribution in [1.29, 1.82) is 0 Å². The molecule has 0 unspecified atom stereocenters. The van der Waals surface area contributed by atoms with Crippen LogP contribution < -0.4 is 0 Å². The number of hydrogen-bond acceptors (Lipinski definition) is 16. The number of Topliss-reactive ketones (excluding diaryl/α,β-unsaturated/α-hetero) is 4. The van der Waals surface area contributed by atoms with Gasteiger partial charge in [-0.2, -0.15) is 13.2 Å². The first-order valence-corrected chi connectivity index (χ1v) is 38.4. The quantitative estimate of drug-likeness (QED) is 0.0290. The summed E-state index contributed by atoms with van der Waals surface area (Å²) in [7, 11) is 0. The van der Waals surface area contributed by atoms with E-state index in [1.807, 2.05) is 149 Å². The number of ketones is 4. The summed E-state index contributed by atoms with van der Waals surface area (Å²) in [4.78, 5) is 75.7. The molecule has 0 saturated heterocycles. The summed E-state index contributed by atoms with van der Waals surface area (Å²) in [6.07, 6.45) is 13.4. The summed E-state index contributed by atoms with van der Waals surface area (Å²) in [5.74, 6) is 0.188. The molecule has 7 aromatic carbocycles. The maximum Gasteiger partial charge on any atom is 0.416 e. The van der Waals surface area contributed by atoms with Gasteiger partial charge in [0.1, 0.15) is 29.0 Å². The molecular formula is C90H97F4N13O8. The van der Waals surface area contributed by atoms with Crippen LogP contribution in [0.25, 0.3) is 22.7 Å². The van der Waals surface area contributed by atoms with Gasteiger partial charge in [-0.05, 0) is 180 Å². The maximum atomic E-state index is 13.7. The molecular weight excluding hydrogens is 1470 g/mol. The number of esters is 1. The van der Waals surface area contributed by atoms with Gasteiger partial charge in [-0.3, -0.25) is 33.8 Å². The third-order valence-electron chi connectivity index (χ3n) is 18.6. The van der Waals surface area contributed by atoms with Gasteiger partial charge >= 0.3 is 18.1 Å². The van der Waals surface area contributed by atoms with E-state index in [1.54, 1.807) is 75.1 Å². The molecule has 1 N–H and O–H groups in total. The van der Waals surface area contributed by atoms with Gasteiger partial charge in [0.2, 0.25) is 0 Å². The lowest BCUT2D eigenvalue weighted by atomic mass is 9.98. The second kappa shape index (κ2) is 43.0. The molecule has 5 heterocycles. The number of nitrogens with zero attached hydrogens (tertiary/aromatic N) is 13. The van der Waals surface area contributed by atoms with Crippen LogP contribution in [-0.4, -0.2) is 112 Å². The van der Waals surface area contributed by atoms with Crippen LogP contribution in [0.5, 0.6) is 0 Å². The lowest BCUT2D eigenvalue weighted by Gasteiger charge is -2.12. The molecule has 25 heteroatoms. The van der Waals surface area contributed by atoms with Crippen LogP contribution in [0.3, 0.4) is 0 Å². The van der Waals surface area contributed by atoms with Crippen LogP contribution in [0.2, 0.25) is 0 Å². The Bertz CT molecular complexity index is 4990. The highest BCUT2D eigenvalue weighted by Crippen LogP contribution is 2.32. The smallest absolute Gasteiger partial charge is 0.416 e. The minimum absolute atomic E-state index is 0.00763. The fourth-order valence-electron chi connectivity index (χ4n) is 12.1. The largest absolute Gasteiger partial charge is 0.481 e. The third-order valence-corrected chi connectivity index (χ3v) is 18.6. The van der Waals surface area contributed by atoms with Gasteiger partial charge in [0.15, 0.2) is 0 Å². The molecule has 598 valence electrons. The van der Waals surface area contributed by atoms with Gasteiger partial charge in [-0.1, -0.05) is 172 Å². The number of halogens is 4. The molecule has 0 aliphatic heterocycles. The Kier molecular flexibility index (Phi) is 32.4. The number of carbonyl (C=O) groups excluding carboxylic acids is 5. The first kappa shape index (κ1) is 86.6. The number of aliphatic carboxylic acids is 1. The number of ether oxygens (including phenoxy) is 1. The average Bonchev–Trinajstić information content (AvgIpc) is 1.65. The predicted molar refractivity (Wildman–Crippen MR) is 429 cm³/mol. The van der Waals surface area contributed by atoms with Crippen LogP contribution in [0.1, 0.15) is 151 Å². The Hall–Kier alpha value is -12.4. The number of alkyl halides is 3. The van der Waals surface area contributed by atoms with Crippen molar-refractivity contribution in [1.82, 2.24) is 65.0 Å². The lowest BCUT2D eigenvalue weighted by molar-refractivity contribution is -0.144. The number of aryl methyl sites for hydroxylation is 5. The normalized spacial score (nSPS) is 11.2. The van der Waals surface area contributed by atoms with Gasteiger partial charge in [0.25, 0.3) is 0 Å². The van der Waals surface area contributed by atoms with E-state index in [4.69, 9.17) is 9.84 Å². The van der Waals surface area contributed by atoms with Crippen molar-refractivity contribution in [2.24, 2.45) is 17.8 Å². The Morgan fingerprint density at radius 3 is 1.16 bits per heavy atom. The van der Waals surface area contributed by atoms with Gasteiger partial charge in [-0.25, -0.2) is 23.1 Å². The molecule has 12 aromatic rings. The number of hydrogen-bond donors (Lipinski definition) is 1. The van der Waals surface area contributed by atoms with Crippen molar-refractivity contribution < 1.29 is 56.2 Å². The summed E-state index contributed by atoms with van der Waals surface area (Å²) in [5, 5.41) is 41.7. The minimum atomic E-state index is -4.50. The highest BCUT2D eigenvalue weighted by molar-refractivity contribution is 5.85. The number of benzene rings is 7. The molecule has 12 rings (SSSR count). The zero-order valence-electron chi connectivity index (χ0n) is 66.1. The number of carbonyl (C=O) groups is 6. The van der Waals surface area contributed by atoms with Crippen molar-refractivity contribution in [3.8, 4) is 22.7 Å². The lowest BCUT2D eigenvalue weighted by Crippen LogP contribution is -2.13. The molecule has 0 radical (unpaired) electrons.